The first-order valence-electron chi connectivity index (χ1n) is 4.74. The Labute approximate surface area is 100 Å². The standard InChI is InChI=1S/C11H16O4S/c1-6(2)11(14)15-9(5-7(3)16)8(4)10(12)13/h7,16H,1,5H2,2-4H3,(H,12,13). The van der Waals surface area contributed by atoms with Gasteiger partial charge in [-0.3, -0.25) is 0 Å². The zero-order chi connectivity index (χ0) is 12.9. The molecule has 0 aromatic carbocycles. The molecule has 0 aliphatic rings. The minimum absolute atomic E-state index is 0.00972. The van der Waals surface area contributed by atoms with Crippen LogP contribution in [-0.2, 0) is 14.3 Å². The molecule has 0 amide bonds. The fraction of sp³-hybridized carbons (Fsp3) is 0.455. The summed E-state index contributed by atoms with van der Waals surface area (Å²) in [5.74, 6) is -1.61. The number of allylic oxidation sites excluding steroid dienone is 1. The molecule has 1 atom stereocenters. The number of ether oxygens (including phenoxy) is 1. The van der Waals surface area contributed by atoms with E-state index in [0.717, 1.165) is 0 Å². The Bertz CT molecular complexity index is 342. The van der Waals surface area contributed by atoms with E-state index in [4.69, 9.17) is 9.84 Å². The van der Waals surface area contributed by atoms with Crippen LogP contribution in [0.2, 0.25) is 0 Å². The zero-order valence-electron chi connectivity index (χ0n) is 9.61. The molecule has 0 saturated carbocycles. The molecular weight excluding hydrogens is 228 g/mol. The van der Waals surface area contributed by atoms with Crippen LogP contribution < -0.4 is 0 Å². The number of carboxylic acid groups (broad SMARTS) is 1. The number of hydrogen-bond donors (Lipinski definition) is 2. The lowest BCUT2D eigenvalue weighted by Crippen LogP contribution is -2.12. The summed E-state index contributed by atoms with van der Waals surface area (Å²) in [6.45, 7) is 8.10. The first kappa shape index (κ1) is 14.8. The third kappa shape index (κ3) is 5.02. The number of hydrogen-bond acceptors (Lipinski definition) is 4. The molecule has 0 aromatic heterocycles. The smallest absolute Gasteiger partial charge is 0.338 e. The predicted molar refractivity (Wildman–Crippen MR) is 64.3 cm³/mol. The van der Waals surface area contributed by atoms with Crippen molar-refractivity contribution in [2.45, 2.75) is 32.4 Å². The van der Waals surface area contributed by atoms with Gasteiger partial charge in [-0.05, 0) is 13.8 Å². The summed E-state index contributed by atoms with van der Waals surface area (Å²) >= 11 is 4.13. The van der Waals surface area contributed by atoms with E-state index in [1.165, 1.54) is 13.8 Å². The number of rotatable bonds is 5. The van der Waals surface area contributed by atoms with Crippen LogP contribution in [0.5, 0.6) is 0 Å². The molecular formula is C11H16O4S. The molecule has 16 heavy (non-hydrogen) atoms. The van der Waals surface area contributed by atoms with Crippen molar-refractivity contribution in [3.63, 3.8) is 0 Å². The number of thiol groups is 1. The molecule has 0 fully saturated rings. The van der Waals surface area contributed by atoms with E-state index in [2.05, 4.69) is 19.2 Å². The molecule has 0 bridgehead atoms. The lowest BCUT2D eigenvalue weighted by atomic mass is 10.2. The van der Waals surface area contributed by atoms with E-state index >= 15 is 0 Å². The van der Waals surface area contributed by atoms with Crippen LogP contribution in [0.4, 0.5) is 0 Å². The van der Waals surface area contributed by atoms with Crippen molar-refractivity contribution in [3.05, 3.63) is 23.5 Å². The van der Waals surface area contributed by atoms with Crippen LogP contribution in [0.3, 0.4) is 0 Å². The normalized spacial score (nSPS) is 13.8. The second-order valence-electron chi connectivity index (χ2n) is 3.58. The average Bonchev–Trinajstić information content (AvgIpc) is 2.14. The molecule has 0 saturated heterocycles. The fourth-order valence-corrected chi connectivity index (χ4v) is 1.02. The Morgan fingerprint density at radius 2 is 1.94 bits per heavy atom. The molecule has 0 radical (unpaired) electrons. The van der Waals surface area contributed by atoms with Gasteiger partial charge in [0.15, 0.2) is 0 Å². The molecule has 0 aromatic rings. The van der Waals surface area contributed by atoms with Gasteiger partial charge in [0, 0.05) is 17.2 Å². The topological polar surface area (TPSA) is 63.6 Å². The summed E-state index contributed by atoms with van der Waals surface area (Å²) in [6, 6.07) is 0. The van der Waals surface area contributed by atoms with Crippen LogP contribution in [0.25, 0.3) is 0 Å². The number of aliphatic carboxylic acids is 1. The number of esters is 1. The van der Waals surface area contributed by atoms with Gasteiger partial charge in [0.2, 0.25) is 0 Å². The highest BCUT2D eigenvalue weighted by Crippen LogP contribution is 2.17. The molecule has 0 rings (SSSR count). The Kier molecular flexibility index (Phi) is 5.88. The molecule has 0 spiro atoms. The Balaban J connectivity index is 4.96. The van der Waals surface area contributed by atoms with E-state index in [9.17, 15) is 9.59 Å². The van der Waals surface area contributed by atoms with Gasteiger partial charge in [0.1, 0.15) is 5.76 Å². The second-order valence-corrected chi connectivity index (χ2v) is 4.46. The molecule has 90 valence electrons. The van der Waals surface area contributed by atoms with E-state index in [-0.39, 0.29) is 28.6 Å². The van der Waals surface area contributed by atoms with E-state index in [0.29, 0.717) is 0 Å². The predicted octanol–water partition coefficient (Wildman–Crippen LogP) is 2.17. The number of carboxylic acids is 1. The van der Waals surface area contributed by atoms with Gasteiger partial charge in [0.25, 0.3) is 0 Å². The molecule has 0 aliphatic heterocycles. The van der Waals surface area contributed by atoms with Crippen LogP contribution in [0, 0.1) is 0 Å². The van der Waals surface area contributed by atoms with E-state index in [1.807, 2.05) is 0 Å². The van der Waals surface area contributed by atoms with Crippen LogP contribution >= 0.6 is 12.6 Å². The Morgan fingerprint density at radius 3 is 2.25 bits per heavy atom. The Hall–Kier alpha value is -1.23. The summed E-state index contributed by atoms with van der Waals surface area (Å²) in [4.78, 5) is 22.1. The van der Waals surface area contributed by atoms with Gasteiger partial charge in [0.05, 0.1) is 5.57 Å². The maximum absolute atomic E-state index is 11.3. The largest absolute Gasteiger partial charge is 0.478 e. The first-order valence-corrected chi connectivity index (χ1v) is 5.26. The highest BCUT2D eigenvalue weighted by molar-refractivity contribution is 7.80. The lowest BCUT2D eigenvalue weighted by Gasteiger charge is -2.12. The van der Waals surface area contributed by atoms with E-state index < -0.39 is 11.9 Å². The van der Waals surface area contributed by atoms with Crippen molar-refractivity contribution in [1.29, 1.82) is 0 Å². The van der Waals surface area contributed by atoms with Crippen molar-refractivity contribution in [2.24, 2.45) is 0 Å². The van der Waals surface area contributed by atoms with E-state index in [1.54, 1.807) is 6.92 Å². The lowest BCUT2D eigenvalue weighted by molar-refractivity contribution is -0.136. The van der Waals surface area contributed by atoms with Gasteiger partial charge in [-0.1, -0.05) is 13.5 Å². The van der Waals surface area contributed by atoms with Crippen molar-refractivity contribution in [2.75, 3.05) is 0 Å². The minimum Gasteiger partial charge on any atom is -0.478 e. The highest BCUT2D eigenvalue weighted by Gasteiger charge is 2.16. The molecule has 0 aliphatic carbocycles. The van der Waals surface area contributed by atoms with Gasteiger partial charge in [-0.15, -0.1) is 0 Å². The average molecular weight is 244 g/mol. The van der Waals surface area contributed by atoms with Gasteiger partial charge in [-0.25, -0.2) is 9.59 Å². The molecule has 5 heteroatoms. The van der Waals surface area contributed by atoms with Gasteiger partial charge >= 0.3 is 11.9 Å². The van der Waals surface area contributed by atoms with Gasteiger partial charge < -0.3 is 9.84 Å². The van der Waals surface area contributed by atoms with Crippen LogP contribution in [0.1, 0.15) is 27.2 Å². The highest BCUT2D eigenvalue weighted by atomic mass is 32.1. The Morgan fingerprint density at radius 1 is 1.44 bits per heavy atom. The summed E-state index contributed by atoms with van der Waals surface area (Å²) in [7, 11) is 0. The van der Waals surface area contributed by atoms with Crippen molar-refractivity contribution >= 4 is 24.6 Å². The molecule has 0 heterocycles. The monoisotopic (exact) mass is 244 g/mol. The second kappa shape index (κ2) is 6.37. The number of carbonyl (C=O) groups is 2. The maximum atomic E-state index is 11.3. The minimum atomic E-state index is -1.11. The van der Waals surface area contributed by atoms with Crippen molar-refractivity contribution in [3.8, 4) is 0 Å². The first-order chi connectivity index (χ1) is 7.25. The van der Waals surface area contributed by atoms with Crippen molar-refractivity contribution in [1.82, 2.24) is 0 Å². The van der Waals surface area contributed by atoms with Crippen molar-refractivity contribution < 1.29 is 19.4 Å². The zero-order valence-corrected chi connectivity index (χ0v) is 10.5. The van der Waals surface area contributed by atoms with Crippen LogP contribution in [-0.4, -0.2) is 22.3 Å². The van der Waals surface area contributed by atoms with Gasteiger partial charge in [-0.2, -0.15) is 12.6 Å². The summed E-state index contributed by atoms with van der Waals surface area (Å²) in [6.07, 6.45) is 0.278. The summed E-state index contributed by atoms with van der Waals surface area (Å²) in [5.41, 5.74) is 0.234. The maximum Gasteiger partial charge on any atom is 0.338 e. The quantitative estimate of drug-likeness (QED) is 0.337. The summed E-state index contributed by atoms with van der Waals surface area (Å²) in [5, 5.41) is 8.73. The summed E-state index contributed by atoms with van der Waals surface area (Å²) < 4.78 is 4.96. The van der Waals surface area contributed by atoms with Crippen LogP contribution in [0.15, 0.2) is 23.5 Å². The third-order valence-electron chi connectivity index (χ3n) is 1.78. The SMILES string of the molecule is C=C(C)C(=O)OC(CC(C)S)=C(C)C(=O)O. The molecule has 1 N–H and O–H groups in total. The third-order valence-corrected chi connectivity index (χ3v) is 1.97. The molecule has 4 nitrogen and oxygen atoms in total. The number of carbonyl (C=O) groups excluding carboxylic acids is 1. The fourth-order valence-electron chi connectivity index (χ4n) is 0.858. The molecule has 1 unspecified atom stereocenters.